The maximum absolute atomic E-state index is 12.5. The van der Waals surface area contributed by atoms with Gasteiger partial charge in [0.15, 0.2) is 0 Å². The average Bonchev–Trinajstić information content (AvgIpc) is 3.11. The first kappa shape index (κ1) is 27.0. The minimum atomic E-state index is -0.345. The summed E-state index contributed by atoms with van der Waals surface area (Å²) in [7, 11) is -0.344. The number of anilines is 3. The number of rotatable bonds is 7. The molecule has 0 spiro atoms. The molecule has 2 heterocycles. The maximum Gasteiger partial charge on any atom is 0.494 e. The molecule has 2 saturated heterocycles. The highest BCUT2D eigenvalue weighted by atomic mass is 16.7. The molecule has 0 radical (unpaired) electrons. The highest BCUT2D eigenvalue weighted by Crippen LogP contribution is 2.36. The number of hydrogen-bond donors (Lipinski definition) is 2. The van der Waals surface area contributed by atoms with Crippen LogP contribution in [0.4, 0.5) is 21.9 Å². The van der Waals surface area contributed by atoms with Crippen LogP contribution in [0, 0.1) is 5.41 Å². The van der Waals surface area contributed by atoms with E-state index in [0.717, 1.165) is 50.1 Å². The molecule has 2 amide bonds. The van der Waals surface area contributed by atoms with E-state index in [1.807, 2.05) is 38.1 Å². The van der Waals surface area contributed by atoms with Gasteiger partial charge in [-0.25, -0.2) is 4.79 Å². The highest BCUT2D eigenvalue weighted by molar-refractivity contribution is 6.62. The summed E-state index contributed by atoms with van der Waals surface area (Å²) in [5.41, 5.74) is 3.35. The Morgan fingerprint density at radius 2 is 1.43 bits per heavy atom. The van der Waals surface area contributed by atoms with Crippen molar-refractivity contribution in [1.82, 2.24) is 5.32 Å². The number of carbonyl (C=O) groups is 1. The van der Waals surface area contributed by atoms with E-state index in [-0.39, 0.29) is 30.4 Å². The van der Waals surface area contributed by atoms with Crippen LogP contribution >= 0.6 is 0 Å². The third-order valence-corrected chi connectivity index (χ3v) is 7.89. The summed E-state index contributed by atoms with van der Waals surface area (Å²) in [6.45, 7) is 15.9. The second-order valence-corrected chi connectivity index (χ2v) is 10.9. The highest BCUT2D eigenvalue weighted by Gasteiger charge is 2.51. The van der Waals surface area contributed by atoms with Crippen molar-refractivity contribution in [2.75, 3.05) is 40.9 Å². The first-order valence-electron chi connectivity index (χ1n) is 13.2. The van der Waals surface area contributed by atoms with Gasteiger partial charge >= 0.3 is 13.1 Å². The molecule has 2 aromatic carbocycles. The molecule has 1 atom stereocenters. The van der Waals surface area contributed by atoms with Crippen LogP contribution in [-0.2, 0) is 9.31 Å². The lowest BCUT2D eigenvalue weighted by Crippen LogP contribution is -2.46. The zero-order chi connectivity index (χ0) is 26.8. The molecule has 2 N–H and O–H groups in total. The Labute approximate surface area is 221 Å². The summed E-state index contributed by atoms with van der Waals surface area (Å²) >= 11 is 0. The minimum absolute atomic E-state index is 0.0605. The molecule has 2 aliphatic heterocycles. The van der Waals surface area contributed by atoms with Crippen LogP contribution in [0.1, 0.15) is 48.0 Å². The molecule has 1 unspecified atom stereocenters. The fraction of sp³-hybridized carbons (Fsp3) is 0.500. The molecule has 2 aliphatic rings. The van der Waals surface area contributed by atoms with Crippen LogP contribution in [0.5, 0.6) is 0 Å². The Bertz CT molecular complexity index is 1070. The predicted octanol–water partition coefficient (Wildman–Crippen LogP) is 4.23. The number of amides is 2. The number of carbonyl (C=O) groups excluding carboxylic acids is 1. The van der Waals surface area contributed by atoms with Crippen molar-refractivity contribution in [3.63, 3.8) is 0 Å². The van der Waals surface area contributed by atoms with Gasteiger partial charge in [0, 0.05) is 43.6 Å². The number of urea groups is 1. The van der Waals surface area contributed by atoms with E-state index in [9.17, 15) is 4.79 Å². The quantitative estimate of drug-likeness (QED) is 0.335. The minimum Gasteiger partial charge on any atom is -0.399 e. The van der Waals surface area contributed by atoms with E-state index in [0.29, 0.717) is 5.69 Å². The van der Waals surface area contributed by atoms with Crippen LogP contribution in [-0.4, -0.2) is 62.9 Å². The van der Waals surface area contributed by atoms with Gasteiger partial charge in [-0.05, 0) is 82.9 Å². The third-order valence-electron chi connectivity index (χ3n) is 7.89. The third kappa shape index (κ3) is 5.78. The molecule has 0 bridgehead atoms. The van der Waals surface area contributed by atoms with Crippen molar-refractivity contribution in [2.24, 2.45) is 0 Å². The van der Waals surface area contributed by atoms with Gasteiger partial charge in [-0.1, -0.05) is 19.1 Å². The van der Waals surface area contributed by atoms with Crippen LogP contribution < -0.4 is 25.5 Å². The molecule has 0 aliphatic carbocycles. The zero-order valence-electron chi connectivity index (χ0n) is 23.0. The smallest absolute Gasteiger partial charge is 0.399 e. The van der Waals surface area contributed by atoms with Crippen molar-refractivity contribution in [3.05, 3.63) is 48.5 Å². The monoisotopic (exact) mass is 505 g/mol. The lowest BCUT2D eigenvalue weighted by Gasteiger charge is -2.37. The molecular formula is C28H40BN5O3. The zero-order valence-corrected chi connectivity index (χ0v) is 23.0. The van der Waals surface area contributed by atoms with Crippen LogP contribution in [0.15, 0.2) is 48.5 Å². The van der Waals surface area contributed by atoms with Crippen molar-refractivity contribution in [1.29, 1.82) is 5.41 Å². The molecular weight excluding hydrogens is 465 g/mol. The van der Waals surface area contributed by atoms with E-state index in [1.54, 1.807) is 0 Å². The van der Waals surface area contributed by atoms with Gasteiger partial charge in [-0.3, -0.25) is 10.3 Å². The molecule has 198 valence electrons. The molecule has 8 nitrogen and oxygen atoms in total. The lowest BCUT2D eigenvalue weighted by atomic mass is 9.79. The summed E-state index contributed by atoms with van der Waals surface area (Å²) in [6.07, 6.45) is 1.90. The van der Waals surface area contributed by atoms with Crippen LogP contribution in [0.2, 0.25) is 0 Å². The Balaban J connectivity index is 1.33. The normalized spacial score (nSPS) is 19.5. The van der Waals surface area contributed by atoms with Crippen molar-refractivity contribution in [3.8, 4) is 0 Å². The number of piperazine rings is 1. The summed E-state index contributed by atoms with van der Waals surface area (Å²) in [5, 5.41) is 10.6. The topological polar surface area (TPSA) is 81.1 Å². The van der Waals surface area contributed by atoms with Crippen LogP contribution in [0.25, 0.3) is 0 Å². The predicted molar refractivity (Wildman–Crippen MR) is 153 cm³/mol. The van der Waals surface area contributed by atoms with Crippen molar-refractivity contribution in [2.45, 2.75) is 65.2 Å². The van der Waals surface area contributed by atoms with Crippen LogP contribution in [0.3, 0.4) is 0 Å². The molecule has 4 rings (SSSR count). The summed E-state index contributed by atoms with van der Waals surface area (Å²) in [6, 6.07) is 16.1. The van der Waals surface area contributed by atoms with Crippen molar-refractivity contribution >= 4 is 42.0 Å². The first-order chi connectivity index (χ1) is 17.5. The molecule has 37 heavy (non-hydrogen) atoms. The molecule has 2 fully saturated rings. The fourth-order valence-corrected chi connectivity index (χ4v) is 4.50. The molecule has 9 heteroatoms. The van der Waals surface area contributed by atoms with Gasteiger partial charge in [0.25, 0.3) is 0 Å². The molecule has 0 aromatic heterocycles. The number of nitrogens with zero attached hydrogens (tertiary/aromatic N) is 3. The Morgan fingerprint density at radius 1 is 0.973 bits per heavy atom. The number of nitrogens with one attached hydrogen (secondary N) is 2. The fourth-order valence-electron chi connectivity index (χ4n) is 4.50. The summed E-state index contributed by atoms with van der Waals surface area (Å²) < 4.78 is 12.4. The Morgan fingerprint density at radius 3 is 1.86 bits per heavy atom. The Kier molecular flexibility index (Phi) is 7.85. The van der Waals surface area contributed by atoms with Gasteiger partial charge in [0.1, 0.15) is 0 Å². The standard InChI is InChI=1S/C28H40BN5O3/c1-7-21(2)31-26(35)34(20-30)25-14-12-24(13-15-25)33-18-16-32(17-19-33)23-10-8-22(9-11-23)29-36-27(3,4)28(5,6)37-29/h8-15,20-21,30H,7,16-19H2,1-6H3,(H,31,35). The van der Waals surface area contributed by atoms with E-state index in [2.05, 4.69) is 67.1 Å². The lowest BCUT2D eigenvalue weighted by molar-refractivity contribution is 0.00578. The van der Waals surface area contributed by atoms with Gasteiger partial charge in [-0.15, -0.1) is 0 Å². The second kappa shape index (κ2) is 10.8. The Hall–Kier alpha value is -3.04. The second-order valence-electron chi connectivity index (χ2n) is 10.9. The van der Waals surface area contributed by atoms with Crippen molar-refractivity contribution < 1.29 is 14.1 Å². The van der Waals surface area contributed by atoms with E-state index >= 15 is 0 Å². The average molecular weight is 505 g/mol. The SMILES string of the molecule is CCC(C)NC(=O)N(C=N)c1ccc(N2CCN(c3ccc(B4OC(C)(C)C(C)(C)O4)cc3)CC2)cc1. The maximum atomic E-state index is 12.5. The van der Waals surface area contributed by atoms with Gasteiger partial charge in [0.05, 0.1) is 23.2 Å². The largest absolute Gasteiger partial charge is 0.494 e. The summed E-state index contributed by atoms with van der Waals surface area (Å²) in [5.74, 6) is 0. The number of benzene rings is 2. The molecule has 2 aromatic rings. The van der Waals surface area contributed by atoms with E-state index in [1.165, 1.54) is 10.6 Å². The molecule has 0 saturated carbocycles. The van der Waals surface area contributed by atoms with Gasteiger partial charge < -0.3 is 24.4 Å². The number of hydrogen-bond acceptors (Lipinski definition) is 6. The van der Waals surface area contributed by atoms with E-state index < -0.39 is 0 Å². The van der Waals surface area contributed by atoms with Gasteiger partial charge in [-0.2, -0.15) is 0 Å². The summed E-state index contributed by atoms with van der Waals surface area (Å²) in [4.78, 5) is 18.6. The first-order valence-corrected chi connectivity index (χ1v) is 13.2. The van der Waals surface area contributed by atoms with E-state index in [4.69, 9.17) is 14.7 Å². The van der Waals surface area contributed by atoms with Gasteiger partial charge in [0.2, 0.25) is 0 Å².